The second kappa shape index (κ2) is 10.7. The Bertz CT molecular complexity index is 775. The fourth-order valence-corrected chi connectivity index (χ4v) is 4.49. The van der Waals surface area contributed by atoms with E-state index in [4.69, 9.17) is 0 Å². The van der Waals surface area contributed by atoms with Crippen molar-refractivity contribution >= 4 is 17.7 Å². The summed E-state index contributed by atoms with van der Waals surface area (Å²) in [5.41, 5.74) is 0.309. The van der Waals surface area contributed by atoms with Crippen molar-refractivity contribution in [2.45, 2.75) is 70.9 Å². The van der Waals surface area contributed by atoms with Crippen molar-refractivity contribution in [1.29, 1.82) is 0 Å². The van der Waals surface area contributed by atoms with E-state index in [2.05, 4.69) is 10.6 Å². The van der Waals surface area contributed by atoms with Gasteiger partial charge in [-0.3, -0.25) is 14.4 Å². The average molecular weight is 432 g/mol. The van der Waals surface area contributed by atoms with Gasteiger partial charge in [0.25, 0.3) is 5.91 Å². The summed E-state index contributed by atoms with van der Waals surface area (Å²) in [5, 5.41) is 5.99. The number of halogens is 1. The third-order valence-electron chi connectivity index (χ3n) is 6.38. The molecule has 2 unspecified atom stereocenters. The zero-order chi connectivity index (χ0) is 22.4. The minimum atomic E-state index is -0.697. The maximum absolute atomic E-state index is 13.2. The van der Waals surface area contributed by atoms with Crippen LogP contribution in [0.2, 0.25) is 0 Å². The van der Waals surface area contributed by atoms with Gasteiger partial charge in [0, 0.05) is 24.7 Å². The third-order valence-corrected chi connectivity index (χ3v) is 6.38. The number of carbonyl (C=O) groups excluding carboxylic acids is 3. The Morgan fingerprint density at radius 3 is 2.32 bits per heavy atom. The van der Waals surface area contributed by atoms with Crippen molar-refractivity contribution in [2.75, 3.05) is 13.1 Å². The molecule has 31 heavy (non-hydrogen) atoms. The number of amides is 3. The standard InChI is InChI=1S/C24H34FN3O3/c1-16(2)21(27-22(29)17-10-12-19(25)13-11-17)24(31)28-14-6-7-18(15-28)23(30)26-20-8-4-3-5-9-20/h10-13,16,18,20-21H,3-9,14-15H2,1-2H3,(H,26,30)(H,27,29). The van der Waals surface area contributed by atoms with Crippen LogP contribution < -0.4 is 10.6 Å². The predicted octanol–water partition coefficient (Wildman–Crippen LogP) is 3.27. The lowest BCUT2D eigenvalue weighted by molar-refractivity contribution is -0.138. The Hall–Kier alpha value is -2.44. The molecule has 1 aromatic carbocycles. The van der Waals surface area contributed by atoms with Crippen molar-refractivity contribution in [3.8, 4) is 0 Å². The lowest BCUT2D eigenvalue weighted by Gasteiger charge is -2.36. The summed E-state index contributed by atoms with van der Waals surface area (Å²) in [6.45, 7) is 4.73. The number of carbonyl (C=O) groups is 3. The zero-order valence-electron chi connectivity index (χ0n) is 18.5. The molecule has 2 aliphatic rings. The predicted molar refractivity (Wildman–Crippen MR) is 117 cm³/mol. The first-order chi connectivity index (χ1) is 14.8. The van der Waals surface area contributed by atoms with Crippen LogP contribution in [-0.4, -0.2) is 47.8 Å². The van der Waals surface area contributed by atoms with Crippen LogP contribution in [0.5, 0.6) is 0 Å². The topological polar surface area (TPSA) is 78.5 Å². The van der Waals surface area contributed by atoms with Gasteiger partial charge in [-0.15, -0.1) is 0 Å². The molecule has 1 saturated carbocycles. The SMILES string of the molecule is CC(C)C(NC(=O)c1ccc(F)cc1)C(=O)N1CCCC(C(=O)NC2CCCCC2)C1. The lowest BCUT2D eigenvalue weighted by Crippen LogP contribution is -2.55. The second-order valence-electron chi connectivity index (χ2n) is 9.17. The van der Waals surface area contributed by atoms with Crippen molar-refractivity contribution in [2.24, 2.45) is 11.8 Å². The molecule has 0 spiro atoms. The third kappa shape index (κ3) is 6.28. The lowest BCUT2D eigenvalue weighted by atomic mass is 9.92. The Kier molecular flexibility index (Phi) is 8.04. The summed E-state index contributed by atoms with van der Waals surface area (Å²) in [6.07, 6.45) is 7.16. The molecule has 2 N–H and O–H groups in total. The van der Waals surface area contributed by atoms with E-state index in [0.29, 0.717) is 18.7 Å². The molecule has 1 saturated heterocycles. The van der Waals surface area contributed by atoms with E-state index >= 15 is 0 Å². The molecular formula is C24H34FN3O3. The van der Waals surface area contributed by atoms with Crippen LogP contribution in [0.25, 0.3) is 0 Å². The summed E-state index contributed by atoms with van der Waals surface area (Å²) >= 11 is 0. The largest absolute Gasteiger partial charge is 0.353 e. The summed E-state index contributed by atoms with van der Waals surface area (Å²) in [6, 6.07) is 4.81. The monoisotopic (exact) mass is 431 g/mol. The maximum Gasteiger partial charge on any atom is 0.251 e. The molecule has 1 aromatic rings. The van der Waals surface area contributed by atoms with E-state index in [1.54, 1.807) is 4.90 Å². The summed E-state index contributed by atoms with van der Waals surface area (Å²) in [4.78, 5) is 40.3. The number of benzene rings is 1. The normalized spacial score (nSPS) is 20.9. The maximum atomic E-state index is 13.2. The van der Waals surface area contributed by atoms with Gasteiger partial charge in [-0.25, -0.2) is 4.39 Å². The highest BCUT2D eigenvalue weighted by Gasteiger charge is 2.34. The summed E-state index contributed by atoms with van der Waals surface area (Å²) < 4.78 is 13.1. The van der Waals surface area contributed by atoms with Crippen LogP contribution >= 0.6 is 0 Å². The van der Waals surface area contributed by atoms with E-state index in [1.165, 1.54) is 30.7 Å². The van der Waals surface area contributed by atoms with Gasteiger partial charge in [-0.1, -0.05) is 33.1 Å². The number of hydrogen-bond acceptors (Lipinski definition) is 3. The van der Waals surface area contributed by atoms with Gasteiger partial charge in [0.2, 0.25) is 11.8 Å². The molecule has 0 aromatic heterocycles. The summed E-state index contributed by atoms with van der Waals surface area (Å²) in [7, 11) is 0. The van der Waals surface area contributed by atoms with E-state index in [9.17, 15) is 18.8 Å². The van der Waals surface area contributed by atoms with Crippen LogP contribution in [0, 0.1) is 17.7 Å². The Labute approximate surface area is 183 Å². The molecule has 0 bridgehead atoms. The van der Waals surface area contributed by atoms with Crippen LogP contribution in [0.1, 0.15) is 69.2 Å². The van der Waals surface area contributed by atoms with E-state index < -0.39 is 17.8 Å². The number of nitrogens with one attached hydrogen (secondary N) is 2. The Morgan fingerprint density at radius 2 is 1.68 bits per heavy atom. The smallest absolute Gasteiger partial charge is 0.251 e. The van der Waals surface area contributed by atoms with Gasteiger partial charge in [-0.2, -0.15) is 0 Å². The minimum absolute atomic E-state index is 0.0424. The molecule has 7 heteroatoms. The molecule has 3 rings (SSSR count). The second-order valence-corrected chi connectivity index (χ2v) is 9.17. The quantitative estimate of drug-likeness (QED) is 0.726. The highest BCUT2D eigenvalue weighted by atomic mass is 19.1. The summed E-state index contributed by atoms with van der Waals surface area (Å²) in [5.74, 6) is -1.27. The number of piperidine rings is 1. The van der Waals surface area contributed by atoms with Crippen molar-refractivity contribution < 1.29 is 18.8 Å². The highest BCUT2D eigenvalue weighted by molar-refractivity contribution is 5.97. The van der Waals surface area contributed by atoms with Gasteiger partial charge in [0.15, 0.2) is 0 Å². The number of likely N-dealkylation sites (tertiary alicyclic amines) is 1. The fraction of sp³-hybridized carbons (Fsp3) is 0.625. The van der Waals surface area contributed by atoms with E-state index in [-0.39, 0.29) is 29.7 Å². The first-order valence-corrected chi connectivity index (χ1v) is 11.5. The molecule has 1 heterocycles. The number of nitrogens with zero attached hydrogens (tertiary/aromatic N) is 1. The van der Waals surface area contributed by atoms with Crippen LogP contribution in [0.4, 0.5) is 4.39 Å². The fourth-order valence-electron chi connectivity index (χ4n) is 4.49. The molecule has 3 amide bonds. The molecule has 2 atom stereocenters. The zero-order valence-corrected chi connectivity index (χ0v) is 18.5. The number of rotatable bonds is 6. The molecule has 6 nitrogen and oxygen atoms in total. The molecular weight excluding hydrogens is 397 g/mol. The molecule has 2 fully saturated rings. The van der Waals surface area contributed by atoms with Gasteiger partial charge in [0.05, 0.1) is 5.92 Å². The van der Waals surface area contributed by atoms with Crippen LogP contribution in [-0.2, 0) is 9.59 Å². The first kappa shape index (κ1) is 23.2. The van der Waals surface area contributed by atoms with Gasteiger partial charge in [-0.05, 0) is 55.9 Å². The minimum Gasteiger partial charge on any atom is -0.353 e. The first-order valence-electron chi connectivity index (χ1n) is 11.5. The molecule has 1 aliphatic carbocycles. The van der Waals surface area contributed by atoms with Gasteiger partial charge in [0.1, 0.15) is 11.9 Å². The van der Waals surface area contributed by atoms with Gasteiger partial charge >= 0.3 is 0 Å². The van der Waals surface area contributed by atoms with Crippen LogP contribution in [0.3, 0.4) is 0 Å². The Balaban J connectivity index is 1.60. The van der Waals surface area contributed by atoms with Crippen molar-refractivity contribution in [3.05, 3.63) is 35.6 Å². The molecule has 1 aliphatic heterocycles. The Morgan fingerprint density at radius 1 is 1.00 bits per heavy atom. The van der Waals surface area contributed by atoms with Crippen molar-refractivity contribution in [1.82, 2.24) is 15.5 Å². The van der Waals surface area contributed by atoms with Crippen LogP contribution in [0.15, 0.2) is 24.3 Å². The highest BCUT2D eigenvalue weighted by Crippen LogP contribution is 2.22. The van der Waals surface area contributed by atoms with Gasteiger partial charge < -0.3 is 15.5 Å². The molecule has 170 valence electrons. The van der Waals surface area contributed by atoms with E-state index in [1.807, 2.05) is 13.8 Å². The van der Waals surface area contributed by atoms with Crippen molar-refractivity contribution in [3.63, 3.8) is 0 Å². The number of hydrogen-bond donors (Lipinski definition) is 2. The molecule has 0 radical (unpaired) electrons. The van der Waals surface area contributed by atoms with E-state index in [0.717, 1.165) is 38.5 Å². The average Bonchev–Trinajstić information content (AvgIpc) is 2.78.